The molecule has 0 aliphatic carbocycles. The highest BCUT2D eigenvalue weighted by molar-refractivity contribution is 5.99. The van der Waals surface area contributed by atoms with Crippen molar-refractivity contribution in [2.45, 2.75) is 32.0 Å². The lowest BCUT2D eigenvalue weighted by Gasteiger charge is -2.18. The zero-order chi connectivity index (χ0) is 35.1. The number of benzene rings is 2. The summed E-state index contributed by atoms with van der Waals surface area (Å²) in [6.07, 6.45) is 7.99. The van der Waals surface area contributed by atoms with Crippen molar-refractivity contribution in [1.29, 1.82) is 0 Å². The number of amides is 3. The van der Waals surface area contributed by atoms with Gasteiger partial charge in [0.15, 0.2) is 5.82 Å². The zero-order valence-electron chi connectivity index (χ0n) is 26.9. The van der Waals surface area contributed by atoms with Crippen LogP contribution in [0.1, 0.15) is 34.8 Å². The summed E-state index contributed by atoms with van der Waals surface area (Å²) in [5.74, 6) is -1.99. The lowest BCUT2D eigenvalue weighted by atomic mass is 10.1. The third-order valence-corrected chi connectivity index (χ3v) is 7.49. The molecule has 3 heterocycles. The highest BCUT2D eigenvalue weighted by Crippen LogP contribution is 2.25. The smallest absolute Gasteiger partial charge is 0.287 e. The number of H-pyrrole nitrogens is 1. The van der Waals surface area contributed by atoms with Gasteiger partial charge in [-0.25, -0.2) is 18.7 Å². The summed E-state index contributed by atoms with van der Waals surface area (Å²) < 4.78 is 36.1. The molecule has 0 bridgehead atoms. The molecule has 1 atom stereocenters. The molecule has 5 rings (SSSR count). The number of hydrogen-bond donors (Lipinski definition) is 3. The van der Waals surface area contributed by atoms with E-state index in [1.54, 1.807) is 57.7 Å². The van der Waals surface area contributed by atoms with E-state index in [-0.39, 0.29) is 49.0 Å². The van der Waals surface area contributed by atoms with Crippen LogP contribution < -0.4 is 20.9 Å². The summed E-state index contributed by atoms with van der Waals surface area (Å²) in [6, 6.07) is 10.4. The minimum atomic E-state index is -1.06. The van der Waals surface area contributed by atoms with E-state index >= 15 is 0 Å². The molecule has 0 aliphatic rings. The van der Waals surface area contributed by atoms with E-state index in [4.69, 9.17) is 4.74 Å². The Morgan fingerprint density at radius 1 is 1.10 bits per heavy atom. The van der Waals surface area contributed by atoms with Crippen molar-refractivity contribution < 1.29 is 27.9 Å². The molecule has 0 aliphatic heterocycles. The van der Waals surface area contributed by atoms with Crippen LogP contribution in [0.4, 0.5) is 14.5 Å². The number of rotatable bonds is 13. The standard InChI is InChI=1S/C34H34F2N8O5/c1-42(2)29(45)12-5-4-8-25(39-33(47)31-37-15-17-43(31)3)32(46)40-26-10-7-16-44(34(26)48)19-28-38-24-9-6-11-27(30(24)41-28)49-20-21-13-14-22(35)18-23(21)36/h5-7,9-18,25H,4,8,19-20H2,1-3H3,(H,38,41)(H,39,47)(H,40,46)/b12-5+. The van der Waals surface area contributed by atoms with Gasteiger partial charge in [-0.1, -0.05) is 12.1 Å². The molecule has 5 aromatic rings. The van der Waals surface area contributed by atoms with Gasteiger partial charge >= 0.3 is 0 Å². The van der Waals surface area contributed by atoms with E-state index in [9.17, 15) is 28.0 Å². The van der Waals surface area contributed by atoms with Crippen molar-refractivity contribution in [3.8, 4) is 5.75 Å². The van der Waals surface area contributed by atoms with Crippen molar-refractivity contribution in [1.82, 2.24) is 34.3 Å². The summed E-state index contributed by atoms with van der Waals surface area (Å²) in [4.78, 5) is 64.9. The molecule has 2 aromatic carbocycles. The minimum absolute atomic E-state index is 0.00722. The second kappa shape index (κ2) is 15.2. The maximum Gasteiger partial charge on any atom is 0.287 e. The number of aromatic amines is 1. The molecule has 0 fully saturated rings. The molecule has 3 amide bonds. The second-order valence-electron chi connectivity index (χ2n) is 11.3. The van der Waals surface area contributed by atoms with E-state index in [1.807, 2.05) is 0 Å². The number of anilines is 1. The van der Waals surface area contributed by atoms with E-state index < -0.39 is 35.0 Å². The number of pyridine rings is 1. The monoisotopic (exact) mass is 672 g/mol. The normalized spacial score (nSPS) is 11.9. The number of likely N-dealkylation sites (N-methyl/N-ethyl adjacent to an activating group) is 1. The number of aromatic nitrogens is 5. The van der Waals surface area contributed by atoms with Crippen molar-refractivity contribution >= 4 is 34.4 Å². The van der Waals surface area contributed by atoms with Crippen molar-refractivity contribution in [3.63, 3.8) is 0 Å². The lowest BCUT2D eigenvalue weighted by Crippen LogP contribution is -2.45. The maximum atomic E-state index is 14.1. The van der Waals surface area contributed by atoms with E-state index in [1.165, 1.54) is 44.6 Å². The van der Waals surface area contributed by atoms with Crippen LogP contribution in [-0.4, -0.2) is 66.8 Å². The first kappa shape index (κ1) is 34.2. The van der Waals surface area contributed by atoms with Crippen LogP contribution in [0, 0.1) is 11.6 Å². The summed E-state index contributed by atoms with van der Waals surface area (Å²) in [7, 11) is 4.87. The Morgan fingerprint density at radius 2 is 1.92 bits per heavy atom. The molecule has 3 aromatic heterocycles. The number of hydrogen-bond acceptors (Lipinski definition) is 7. The first-order valence-corrected chi connectivity index (χ1v) is 15.2. The molecule has 1 unspecified atom stereocenters. The van der Waals surface area contributed by atoms with Crippen molar-refractivity contribution in [3.05, 3.63) is 118 Å². The number of halogens is 2. The van der Waals surface area contributed by atoms with Gasteiger partial charge in [-0.05, 0) is 55.3 Å². The molecule has 49 heavy (non-hydrogen) atoms. The van der Waals surface area contributed by atoms with Gasteiger partial charge < -0.3 is 34.4 Å². The Kier molecular flexibility index (Phi) is 10.6. The fourth-order valence-electron chi connectivity index (χ4n) is 4.85. The summed E-state index contributed by atoms with van der Waals surface area (Å²) in [6.45, 7) is -0.143. The average molecular weight is 673 g/mol. The number of fused-ring (bicyclic) bond motifs is 1. The second-order valence-corrected chi connectivity index (χ2v) is 11.3. The third kappa shape index (κ3) is 8.43. The molecule has 15 heteroatoms. The number of ether oxygens (including phenoxy) is 1. The number of aryl methyl sites for hydroxylation is 1. The molecule has 0 saturated heterocycles. The number of allylic oxidation sites excluding steroid dienone is 1. The van der Waals surface area contributed by atoms with Crippen LogP contribution in [0.3, 0.4) is 0 Å². The zero-order valence-corrected chi connectivity index (χ0v) is 26.9. The minimum Gasteiger partial charge on any atom is -0.486 e. The number of nitrogens with zero attached hydrogens (tertiary/aromatic N) is 5. The predicted molar refractivity (Wildman–Crippen MR) is 177 cm³/mol. The lowest BCUT2D eigenvalue weighted by molar-refractivity contribution is -0.123. The van der Waals surface area contributed by atoms with E-state index in [2.05, 4.69) is 25.6 Å². The fraction of sp³-hybridized carbons (Fsp3) is 0.235. The van der Waals surface area contributed by atoms with Crippen LogP contribution >= 0.6 is 0 Å². The Hall–Kier alpha value is -6.12. The maximum absolute atomic E-state index is 14.1. The van der Waals surface area contributed by atoms with Crippen LogP contribution in [-0.2, 0) is 29.8 Å². The Bertz CT molecular complexity index is 2080. The van der Waals surface area contributed by atoms with Gasteiger partial charge in [0.05, 0.1) is 12.1 Å². The first-order valence-electron chi connectivity index (χ1n) is 15.2. The van der Waals surface area contributed by atoms with Crippen LogP contribution in [0.25, 0.3) is 11.0 Å². The first-order chi connectivity index (χ1) is 23.5. The van der Waals surface area contributed by atoms with Gasteiger partial charge in [0.2, 0.25) is 11.8 Å². The van der Waals surface area contributed by atoms with Crippen LogP contribution in [0.15, 0.2) is 84.1 Å². The number of imidazole rings is 2. The number of carbonyl (C=O) groups is 3. The quantitative estimate of drug-likeness (QED) is 0.162. The molecule has 0 radical (unpaired) electrons. The van der Waals surface area contributed by atoms with Gasteiger partial charge in [0.25, 0.3) is 11.5 Å². The van der Waals surface area contributed by atoms with Crippen molar-refractivity contribution in [2.75, 3.05) is 19.4 Å². The topological polar surface area (TPSA) is 156 Å². The Balaban J connectivity index is 1.30. The number of nitrogens with one attached hydrogen (secondary N) is 3. The SMILES string of the molecule is CN(C)C(=O)/C=C/CCC(NC(=O)c1nccn1C)C(=O)Nc1cccn(Cc2nc3c(OCc4ccc(F)cc4F)cccc3[nH]2)c1=O. The largest absolute Gasteiger partial charge is 0.486 e. The molecular weight excluding hydrogens is 638 g/mol. The highest BCUT2D eigenvalue weighted by atomic mass is 19.1. The highest BCUT2D eigenvalue weighted by Gasteiger charge is 2.24. The summed E-state index contributed by atoms with van der Waals surface area (Å²) in [5.41, 5.74) is 0.685. The van der Waals surface area contributed by atoms with Crippen molar-refractivity contribution in [2.24, 2.45) is 7.05 Å². The van der Waals surface area contributed by atoms with E-state index in [0.717, 1.165) is 12.1 Å². The van der Waals surface area contributed by atoms with Gasteiger partial charge in [-0.2, -0.15) is 0 Å². The molecule has 0 spiro atoms. The molecule has 3 N–H and O–H groups in total. The van der Waals surface area contributed by atoms with Gasteiger partial charge in [-0.3, -0.25) is 19.2 Å². The molecule has 254 valence electrons. The average Bonchev–Trinajstić information content (AvgIpc) is 3.69. The fourth-order valence-corrected chi connectivity index (χ4v) is 4.85. The molecular formula is C34H34F2N8O5. The van der Waals surface area contributed by atoms with Crippen LogP contribution in [0.5, 0.6) is 5.75 Å². The van der Waals surface area contributed by atoms with Crippen LogP contribution in [0.2, 0.25) is 0 Å². The number of carbonyl (C=O) groups excluding carboxylic acids is 3. The van der Waals surface area contributed by atoms with E-state index in [0.29, 0.717) is 22.6 Å². The van der Waals surface area contributed by atoms with Gasteiger partial charge in [0, 0.05) is 51.4 Å². The molecule has 13 nitrogen and oxygen atoms in total. The number of para-hydroxylation sites is 1. The van der Waals surface area contributed by atoms with Gasteiger partial charge in [-0.15, -0.1) is 0 Å². The van der Waals surface area contributed by atoms with Gasteiger partial charge in [0.1, 0.15) is 47.1 Å². The predicted octanol–water partition coefficient (Wildman–Crippen LogP) is 3.53. The Labute approximate surface area is 279 Å². The molecule has 0 saturated carbocycles. The third-order valence-electron chi connectivity index (χ3n) is 7.49. The Morgan fingerprint density at radius 3 is 2.65 bits per heavy atom. The summed E-state index contributed by atoms with van der Waals surface area (Å²) in [5, 5.41) is 5.30. The summed E-state index contributed by atoms with van der Waals surface area (Å²) >= 11 is 0.